The van der Waals surface area contributed by atoms with E-state index in [0.29, 0.717) is 6.42 Å². The number of carbonyl (C=O) groups excluding carboxylic acids is 1. The first-order valence-corrected chi connectivity index (χ1v) is 9.07. The molecule has 0 saturated carbocycles. The van der Waals surface area contributed by atoms with Crippen molar-refractivity contribution >= 4 is 22.4 Å². The summed E-state index contributed by atoms with van der Waals surface area (Å²) in [6.45, 7) is 5.60. The van der Waals surface area contributed by atoms with E-state index >= 15 is 0 Å². The van der Waals surface area contributed by atoms with E-state index in [-0.39, 0.29) is 17.9 Å². The van der Waals surface area contributed by atoms with Crippen molar-refractivity contribution < 1.29 is 19.4 Å². The standard InChI is InChI=1S/C21H27NO4/c1-21(2,3)26-20(24)15-10-7-11-18(25-4)22-19-14-9-6-5-8-13(14)17(23)12-16(15)19/h5-6,8-9,12,15,18,22-23H,7,10-11H2,1-4H3. The normalized spacial score (nSPS) is 20.6. The summed E-state index contributed by atoms with van der Waals surface area (Å²) in [5, 5.41) is 15.6. The van der Waals surface area contributed by atoms with Gasteiger partial charge in [0.05, 0.1) is 5.92 Å². The zero-order valence-electron chi connectivity index (χ0n) is 15.8. The van der Waals surface area contributed by atoms with Crippen molar-refractivity contribution in [2.45, 2.75) is 57.8 Å². The molecule has 3 rings (SSSR count). The molecular weight excluding hydrogens is 330 g/mol. The zero-order chi connectivity index (χ0) is 18.9. The fourth-order valence-corrected chi connectivity index (χ4v) is 3.50. The highest BCUT2D eigenvalue weighted by Crippen LogP contribution is 2.42. The van der Waals surface area contributed by atoms with Crippen LogP contribution >= 0.6 is 0 Å². The molecule has 5 heteroatoms. The number of nitrogens with one attached hydrogen (secondary N) is 1. The first-order chi connectivity index (χ1) is 12.3. The summed E-state index contributed by atoms with van der Waals surface area (Å²) < 4.78 is 11.2. The summed E-state index contributed by atoms with van der Waals surface area (Å²) in [7, 11) is 1.67. The van der Waals surface area contributed by atoms with E-state index in [2.05, 4.69) is 5.32 Å². The van der Waals surface area contributed by atoms with Crippen molar-refractivity contribution in [2.75, 3.05) is 12.4 Å². The summed E-state index contributed by atoms with van der Waals surface area (Å²) >= 11 is 0. The van der Waals surface area contributed by atoms with Crippen molar-refractivity contribution in [3.63, 3.8) is 0 Å². The molecule has 0 fully saturated rings. The number of carbonyl (C=O) groups is 1. The highest BCUT2D eigenvalue weighted by molar-refractivity contribution is 6.01. The number of aromatic hydroxyl groups is 1. The Kier molecular flexibility index (Phi) is 5.10. The van der Waals surface area contributed by atoms with Gasteiger partial charge in [-0.1, -0.05) is 24.3 Å². The molecule has 0 spiro atoms. The fraction of sp³-hybridized carbons (Fsp3) is 0.476. The van der Waals surface area contributed by atoms with E-state index < -0.39 is 11.5 Å². The zero-order valence-corrected chi connectivity index (χ0v) is 15.8. The molecular formula is C21H27NO4. The van der Waals surface area contributed by atoms with Crippen molar-refractivity contribution in [1.82, 2.24) is 0 Å². The van der Waals surface area contributed by atoms with Gasteiger partial charge in [0, 0.05) is 23.6 Å². The van der Waals surface area contributed by atoms with Crippen molar-refractivity contribution in [3.8, 4) is 5.75 Å². The van der Waals surface area contributed by atoms with Crippen LogP contribution in [0.3, 0.4) is 0 Å². The predicted octanol–water partition coefficient (Wildman–Crippen LogP) is 4.54. The molecule has 0 bridgehead atoms. The summed E-state index contributed by atoms with van der Waals surface area (Å²) in [4.78, 5) is 12.9. The molecule has 0 saturated heterocycles. The Labute approximate surface area is 154 Å². The van der Waals surface area contributed by atoms with Gasteiger partial charge in [-0.3, -0.25) is 4.79 Å². The molecule has 5 nitrogen and oxygen atoms in total. The number of anilines is 1. The number of hydrogen-bond acceptors (Lipinski definition) is 5. The van der Waals surface area contributed by atoms with Gasteiger partial charge in [-0.25, -0.2) is 0 Å². The molecule has 0 aromatic heterocycles. The average Bonchev–Trinajstić information content (AvgIpc) is 2.55. The van der Waals surface area contributed by atoms with Crippen molar-refractivity contribution in [1.29, 1.82) is 0 Å². The van der Waals surface area contributed by atoms with Crippen molar-refractivity contribution in [3.05, 3.63) is 35.9 Å². The van der Waals surface area contributed by atoms with E-state index in [1.165, 1.54) is 0 Å². The number of rotatable bonds is 2. The average molecular weight is 357 g/mol. The Bertz CT molecular complexity index is 809. The van der Waals surface area contributed by atoms with E-state index in [4.69, 9.17) is 9.47 Å². The number of phenolic OH excluding ortho intramolecular Hbond substituents is 1. The molecule has 1 aliphatic rings. The minimum Gasteiger partial charge on any atom is -0.507 e. The van der Waals surface area contributed by atoms with Crippen LogP contribution in [0.15, 0.2) is 30.3 Å². The van der Waals surface area contributed by atoms with Crippen LogP contribution in [0.5, 0.6) is 5.75 Å². The fourth-order valence-electron chi connectivity index (χ4n) is 3.50. The summed E-state index contributed by atoms with van der Waals surface area (Å²) in [5.41, 5.74) is 1.04. The maximum Gasteiger partial charge on any atom is 0.314 e. The van der Waals surface area contributed by atoms with Crippen LogP contribution in [0.25, 0.3) is 10.8 Å². The Morgan fingerprint density at radius 1 is 1.19 bits per heavy atom. The smallest absolute Gasteiger partial charge is 0.314 e. The number of fused-ring (bicyclic) bond motifs is 3. The number of esters is 1. The van der Waals surface area contributed by atoms with Crippen LogP contribution in [-0.2, 0) is 14.3 Å². The lowest BCUT2D eigenvalue weighted by Crippen LogP contribution is -2.31. The Balaban J connectivity index is 2.15. The highest BCUT2D eigenvalue weighted by atomic mass is 16.6. The van der Waals surface area contributed by atoms with Gasteiger partial charge in [-0.15, -0.1) is 0 Å². The first kappa shape index (κ1) is 18.5. The Hall–Kier alpha value is -2.27. The summed E-state index contributed by atoms with van der Waals surface area (Å²) in [5.74, 6) is -0.514. The van der Waals surface area contributed by atoms with Crippen LogP contribution in [0.1, 0.15) is 51.5 Å². The van der Waals surface area contributed by atoms with Gasteiger partial charge in [0.2, 0.25) is 0 Å². The second-order valence-electron chi connectivity index (χ2n) is 7.79. The van der Waals surface area contributed by atoms with Crippen molar-refractivity contribution in [2.24, 2.45) is 0 Å². The molecule has 1 heterocycles. The number of phenols is 1. The Morgan fingerprint density at radius 2 is 1.88 bits per heavy atom. The summed E-state index contributed by atoms with van der Waals surface area (Å²) in [6, 6.07) is 9.32. The van der Waals surface area contributed by atoms with Gasteiger partial charge in [-0.2, -0.15) is 0 Å². The van der Waals surface area contributed by atoms with Crippen LogP contribution in [0.4, 0.5) is 5.69 Å². The lowest BCUT2D eigenvalue weighted by molar-refractivity contribution is -0.157. The molecule has 140 valence electrons. The first-order valence-electron chi connectivity index (χ1n) is 9.07. The van der Waals surface area contributed by atoms with E-state index in [0.717, 1.165) is 34.9 Å². The lowest BCUT2D eigenvalue weighted by atomic mass is 9.87. The molecule has 2 N–H and O–H groups in total. The van der Waals surface area contributed by atoms with Gasteiger partial charge in [0.15, 0.2) is 0 Å². The van der Waals surface area contributed by atoms with Gasteiger partial charge in [0.1, 0.15) is 17.6 Å². The Morgan fingerprint density at radius 3 is 2.54 bits per heavy atom. The van der Waals surface area contributed by atoms with Crippen LogP contribution in [0.2, 0.25) is 0 Å². The largest absolute Gasteiger partial charge is 0.507 e. The monoisotopic (exact) mass is 357 g/mol. The molecule has 26 heavy (non-hydrogen) atoms. The third kappa shape index (κ3) is 3.78. The molecule has 2 aromatic carbocycles. The van der Waals surface area contributed by atoms with Crippen LogP contribution in [-0.4, -0.2) is 30.0 Å². The molecule has 2 atom stereocenters. The van der Waals surface area contributed by atoms with Gasteiger partial charge < -0.3 is 19.9 Å². The third-order valence-electron chi connectivity index (χ3n) is 4.67. The number of ether oxygens (including phenoxy) is 2. The van der Waals surface area contributed by atoms with E-state index in [1.807, 2.05) is 45.0 Å². The topological polar surface area (TPSA) is 67.8 Å². The maximum absolute atomic E-state index is 12.9. The summed E-state index contributed by atoms with van der Waals surface area (Å²) in [6.07, 6.45) is 2.13. The number of benzene rings is 2. The SMILES string of the molecule is COC1CCCC(C(=O)OC(C)(C)C)c2cc(O)c3ccccc3c2N1. The number of hydrogen-bond donors (Lipinski definition) is 2. The molecule has 1 aliphatic heterocycles. The van der Waals surface area contributed by atoms with Crippen LogP contribution < -0.4 is 5.32 Å². The molecule has 2 aromatic rings. The predicted molar refractivity (Wildman–Crippen MR) is 102 cm³/mol. The second kappa shape index (κ2) is 7.16. The second-order valence-corrected chi connectivity index (χ2v) is 7.79. The minimum atomic E-state index is -0.555. The number of methoxy groups -OCH3 is 1. The third-order valence-corrected chi connectivity index (χ3v) is 4.67. The molecule has 0 aliphatic carbocycles. The molecule has 0 radical (unpaired) electrons. The highest BCUT2D eigenvalue weighted by Gasteiger charge is 2.32. The van der Waals surface area contributed by atoms with E-state index in [1.54, 1.807) is 13.2 Å². The quantitative estimate of drug-likeness (QED) is 0.610. The van der Waals surface area contributed by atoms with Gasteiger partial charge >= 0.3 is 5.97 Å². The van der Waals surface area contributed by atoms with E-state index in [9.17, 15) is 9.90 Å². The van der Waals surface area contributed by atoms with Crippen LogP contribution in [0, 0.1) is 0 Å². The lowest BCUT2D eigenvalue weighted by Gasteiger charge is -2.30. The molecule has 2 unspecified atom stereocenters. The van der Waals surface area contributed by atoms with Gasteiger partial charge in [-0.05, 0) is 51.7 Å². The maximum atomic E-state index is 12.9. The van der Waals surface area contributed by atoms with Gasteiger partial charge in [0.25, 0.3) is 0 Å². The minimum absolute atomic E-state index is 0.138. The molecule has 0 amide bonds.